The predicted molar refractivity (Wildman–Crippen MR) is 114 cm³/mol. The number of hydrogen-bond acceptors (Lipinski definition) is 4. The molecule has 142 valence electrons. The van der Waals surface area contributed by atoms with E-state index in [1.807, 2.05) is 31.2 Å². The Morgan fingerprint density at radius 1 is 1.19 bits per heavy atom. The van der Waals surface area contributed by atoms with E-state index in [1.165, 1.54) is 23.5 Å². The molecule has 5 heteroatoms. The highest BCUT2D eigenvalue weighted by molar-refractivity contribution is 8.05. The van der Waals surface area contributed by atoms with Crippen molar-refractivity contribution in [2.45, 2.75) is 26.3 Å². The lowest BCUT2D eigenvalue weighted by molar-refractivity contribution is -0.119. The van der Waals surface area contributed by atoms with E-state index in [2.05, 4.69) is 36.2 Å². The van der Waals surface area contributed by atoms with E-state index < -0.39 is 0 Å². The smallest absolute Gasteiger partial charge is 0.217 e. The van der Waals surface area contributed by atoms with Crippen LogP contribution in [-0.2, 0) is 11.2 Å². The minimum Gasteiger partial charge on any atom is -0.488 e. The number of carbonyl (C=O) groups is 1. The maximum Gasteiger partial charge on any atom is 0.217 e. The van der Waals surface area contributed by atoms with Gasteiger partial charge in [-0.1, -0.05) is 54.7 Å². The summed E-state index contributed by atoms with van der Waals surface area (Å²) in [5.41, 5.74) is 9.02. The van der Waals surface area contributed by atoms with Gasteiger partial charge < -0.3 is 15.8 Å². The van der Waals surface area contributed by atoms with Crippen LogP contribution in [0, 0.1) is 0 Å². The molecule has 3 N–H and O–H groups in total. The summed E-state index contributed by atoms with van der Waals surface area (Å²) in [5, 5.41) is 4.63. The minimum atomic E-state index is -0.00131. The van der Waals surface area contributed by atoms with Gasteiger partial charge in [-0.25, -0.2) is 0 Å². The summed E-state index contributed by atoms with van der Waals surface area (Å²) in [6, 6.07) is 16.5. The molecular formula is C22H26N2O2S. The van der Waals surface area contributed by atoms with Crippen LogP contribution in [0.4, 0.5) is 0 Å². The molecule has 27 heavy (non-hydrogen) atoms. The zero-order chi connectivity index (χ0) is 19.6. The zero-order valence-corrected chi connectivity index (χ0v) is 16.6. The van der Waals surface area contributed by atoms with Crippen LogP contribution in [-0.4, -0.2) is 18.6 Å². The molecule has 4 nitrogen and oxygen atoms in total. The first kappa shape index (κ1) is 20.6. The minimum absolute atomic E-state index is 0.00131. The van der Waals surface area contributed by atoms with Crippen molar-refractivity contribution in [2.75, 3.05) is 6.61 Å². The zero-order valence-electron chi connectivity index (χ0n) is 15.8. The van der Waals surface area contributed by atoms with E-state index in [4.69, 9.17) is 10.5 Å². The average molecular weight is 383 g/mol. The molecule has 0 spiro atoms. The highest BCUT2D eigenvalue weighted by atomic mass is 32.2. The summed E-state index contributed by atoms with van der Waals surface area (Å²) in [7, 11) is 0. The molecule has 0 heterocycles. The van der Waals surface area contributed by atoms with Gasteiger partial charge in [0.25, 0.3) is 0 Å². The van der Waals surface area contributed by atoms with Crippen molar-refractivity contribution in [2.24, 2.45) is 5.73 Å². The Labute approximate surface area is 165 Å². The Hall–Kier alpha value is -2.66. The number of amides is 1. The standard InChI is InChI=1S/C22H26N2O2S/c1-4-27-22(14-23)15-26-21-11-9-20(10-12-21)19-7-5-18(6-8-19)13-16(2)24-17(3)25/h4-12,14,16H,1,13,15,23H2,2-3H3,(H,24,25)/b22-14-. The molecule has 0 aromatic heterocycles. The predicted octanol–water partition coefficient (Wildman–Crippen LogP) is 4.48. The summed E-state index contributed by atoms with van der Waals surface area (Å²) in [6.07, 6.45) is 2.35. The Morgan fingerprint density at radius 2 is 1.78 bits per heavy atom. The van der Waals surface area contributed by atoms with E-state index in [0.29, 0.717) is 6.61 Å². The molecule has 2 aromatic carbocycles. The molecule has 1 atom stereocenters. The molecule has 1 amide bonds. The third kappa shape index (κ3) is 6.87. The number of thioether (sulfide) groups is 1. The summed E-state index contributed by atoms with van der Waals surface area (Å²) in [6.45, 7) is 7.65. The number of nitrogens with one attached hydrogen (secondary N) is 1. The second-order valence-electron chi connectivity index (χ2n) is 6.23. The van der Waals surface area contributed by atoms with Crippen LogP contribution in [0.25, 0.3) is 11.1 Å². The third-order valence-corrected chi connectivity index (χ3v) is 4.66. The summed E-state index contributed by atoms with van der Waals surface area (Å²) in [5.74, 6) is 0.794. The van der Waals surface area contributed by atoms with E-state index in [0.717, 1.165) is 28.2 Å². The van der Waals surface area contributed by atoms with Crippen molar-refractivity contribution in [3.63, 3.8) is 0 Å². The lowest BCUT2D eigenvalue weighted by Crippen LogP contribution is -2.31. The molecule has 0 aliphatic rings. The molecule has 0 aliphatic carbocycles. The molecule has 2 rings (SSSR count). The van der Waals surface area contributed by atoms with Crippen molar-refractivity contribution in [1.82, 2.24) is 5.32 Å². The maximum absolute atomic E-state index is 11.1. The number of nitrogens with two attached hydrogens (primary N) is 1. The third-order valence-electron chi connectivity index (χ3n) is 3.93. The molecule has 0 saturated heterocycles. The molecule has 2 aromatic rings. The van der Waals surface area contributed by atoms with Crippen molar-refractivity contribution in [1.29, 1.82) is 0 Å². The van der Waals surface area contributed by atoms with Gasteiger partial charge in [-0.2, -0.15) is 0 Å². The van der Waals surface area contributed by atoms with Crippen LogP contribution in [0.2, 0.25) is 0 Å². The first-order valence-electron chi connectivity index (χ1n) is 8.79. The molecule has 0 fully saturated rings. The van der Waals surface area contributed by atoms with Crippen LogP contribution in [0.5, 0.6) is 5.75 Å². The molecule has 0 saturated carbocycles. The van der Waals surface area contributed by atoms with Gasteiger partial charge in [0.05, 0.1) is 0 Å². The largest absolute Gasteiger partial charge is 0.488 e. The number of carbonyl (C=O) groups excluding carboxylic acids is 1. The van der Waals surface area contributed by atoms with Gasteiger partial charge in [-0.15, -0.1) is 0 Å². The van der Waals surface area contributed by atoms with Crippen LogP contribution < -0.4 is 15.8 Å². The van der Waals surface area contributed by atoms with Gasteiger partial charge in [0.15, 0.2) is 0 Å². The van der Waals surface area contributed by atoms with Crippen LogP contribution in [0.1, 0.15) is 19.4 Å². The Balaban J connectivity index is 1.96. The fraction of sp³-hybridized carbons (Fsp3) is 0.227. The van der Waals surface area contributed by atoms with Crippen molar-refractivity contribution >= 4 is 17.7 Å². The van der Waals surface area contributed by atoms with E-state index in [-0.39, 0.29) is 11.9 Å². The quantitative estimate of drug-likeness (QED) is 0.671. The first-order chi connectivity index (χ1) is 13.0. The monoisotopic (exact) mass is 382 g/mol. The first-order valence-corrected chi connectivity index (χ1v) is 9.67. The lowest BCUT2D eigenvalue weighted by Gasteiger charge is -2.13. The van der Waals surface area contributed by atoms with Crippen molar-refractivity contribution in [3.8, 4) is 16.9 Å². The highest BCUT2D eigenvalue weighted by Crippen LogP contribution is 2.24. The van der Waals surface area contributed by atoms with E-state index in [1.54, 1.807) is 12.3 Å². The van der Waals surface area contributed by atoms with Crippen LogP contribution in [0.15, 0.2) is 71.6 Å². The fourth-order valence-electron chi connectivity index (χ4n) is 2.71. The molecule has 0 radical (unpaired) electrons. The lowest BCUT2D eigenvalue weighted by atomic mass is 10.0. The van der Waals surface area contributed by atoms with Gasteiger partial charge >= 0.3 is 0 Å². The fourth-order valence-corrected chi connectivity index (χ4v) is 3.13. The summed E-state index contributed by atoms with van der Waals surface area (Å²) in [4.78, 5) is 12.0. The Kier molecular flexibility index (Phi) is 8.01. The average Bonchev–Trinajstić information content (AvgIpc) is 2.65. The number of benzene rings is 2. The summed E-state index contributed by atoms with van der Waals surface area (Å²) < 4.78 is 5.75. The van der Waals surface area contributed by atoms with Gasteiger partial charge in [0.1, 0.15) is 12.4 Å². The van der Waals surface area contributed by atoms with Gasteiger partial charge in [-0.05, 0) is 47.6 Å². The molecule has 1 unspecified atom stereocenters. The second-order valence-corrected chi connectivity index (χ2v) is 7.33. The van der Waals surface area contributed by atoms with E-state index in [9.17, 15) is 4.79 Å². The highest BCUT2D eigenvalue weighted by Gasteiger charge is 2.06. The molecule has 0 bridgehead atoms. The number of hydrogen-bond donors (Lipinski definition) is 2. The molecular weight excluding hydrogens is 356 g/mol. The normalized spacial score (nSPS) is 12.3. The molecule has 0 aliphatic heterocycles. The summed E-state index contributed by atoms with van der Waals surface area (Å²) >= 11 is 1.46. The van der Waals surface area contributed by atoms with E-state index >= 15 is 0 Å². The van der Waals surface area contributed by atoms with Crippen LogP contribution in [0.3, 0.4) is 0 Å². The van der Waals surface area contributed by atoms with Crippen molar-refractivity contribution in [3.05, 3.63) is 77.2 Å². The van der Waals surface area contributed by atoms with Gasteiger partial charge in [0.2, 0.25) is 5.91 Å². The van der Waals surface area contributed by atoms with Gasteiger partial charge in [-0.3, -0.25) is 4.79 Å². The number of ether oxygens (including phenoxy) is 1. The van der Waals surface area contributed by atoms with Crippen LogP contribution >= 0.6 is 11.8 Å². The Bertz CT molecular complexity index is 783. The number of rotatable bonds is 9. The van der Waals surface area contributed by atoms with Crippen molar-refractivity contribution < 1.29 is 9.53 Å². The maximum atomic E-state index is 11.1. The topological polar surface area (TPSA) is 64.3 Å². The van der Waals surface area contributed by atoms with Gasteiger partial charge in [0, 0.05) is 24.1 Å². The Morgan fingerprint density at radius 3 is 2.30 bits per heavy atom. The SMILES string of the molecule is C=CS/C(=C\N)COc1ccc(-c2ccc(CC(C)NC(C)=O)cc2)cc1. The second kappa shape index (κ2) is 10.5.